The summed E-state index contributed by atoms with van der Waals surface area (Å²) in [4.78, 5) is 12.4. The van der Waals surface area contributed by atoms with Gasteiger partial charge in [-0.15, -0.1) is 0 Å². The van der Waals surface area contributed by atoms with Crippen LogP contribution < -0.4 is 5.56 Å². The molecule has 0 aliphatic rings. The molecule has 2 aromatic carbocycles. The molecule has 0 atom stereocenters. The van der Waals surface area contributed by atoms with Crippen LogP contribution in [0.2, 0.25) is 20.1 Å². The van der Waals surface area contributed by atoms with Gasteiger partial charge in [0.05, 0.1) is 30.8 Å². The van der Waals surface area contributed by atoms with Gasteiger partial charge >= 0.3 is 0 Å². The van der Waals surface area contributed by atoms with Crippen molar-refractivity contribution in [2.75, 3.05) is 0 Å². The molecule has 0 aliphatic carbocycles. The first kappa shape index (κ1) is 14.2. The largest absolute Gasteiger partial charge is 0.273 e. The van der Waals surface area contributed by atoms with Gasteiger partial charge < -0.3 is 0 Å². The minimum atomic E-state index is -0.165. The SMILES string of the molecule is O=c1c2ccc(Cl)cc2sn1-c1ccc(Cl)c(Cl)c1Cl. The lowest BCUT2D eigenvalue weighted by atomic mass is 10.3. The Morgan fingerprint density at radius 2 is 1.70 bits per heavy atom. The number of benzene rings is 2. The van der Waals surface area contributed by atoms with Gasteiger partial charge in [0.2, 0.25) is 0 Å². The summed E-state index contributed by atoms with van der Waals surface area (Å²) in [5.74, 6) is 0. The van der Waals surface area contributed by atoms with Crippen LogP contribution in [-0.4, -0.2) is 3.96 Å². The van der Waals surface area contributed by atoms with E-state index in [1.54, 1.807) is 30.3 Å². The fraction of sp³-hybridized carbons (Fsp3) is 0. The molecule has 0 fully saturated rings. The van der Waals surface area contributed by atoms with Crippen LogP contribution >= 0.6 is 57.9 Å². The van der Waals surface area contributed by atoms with Crippen molar-refractivity contribution in [2.45, 2.75) is 0 Å². The Kier molecular flexibility index (Phi) is 3.73. The molecule has 0 radical (unpaired) electrons. The molecule has 0 aliphatic heterocycles. The molecular weight excluding hydrogens is 360 g/mol. The molecule has 3 rings (SSSR count). The van der Waals surface area contributed by atoms with Crippen LogP contribution in [0.1, 0.15) is 0 Å². The third-order valence-corrected chi connectivity index (χ3v) is 5.38. The normalized spacial score (nSPS) is 11.2. The molecule has 0 amide bonds. The zero-order valence-corrected chi connectivity index (χ0v) is 13.5. The first-order valence-electron chi connectivity index (χ1n) is 5.44. The minimum Gasteiger partial charge on any atom is -0.267 e. The molecule has 0 spiro atoms. The van der Waals surface area contributed by atoms with Gasteiger partial charge in [-0.1, -0.05) is 57.9 Å². The fourth-order valence-electron chi connectivity index (χ4n) is 1.83. The Labute approximate surface area is 138 Å². The van der Waals surface area contributed by atoms with Crippen molar-refractivity contribution in [3.05, 3.63) is 60.8 Å². The van der Waals surface area contributed by atoms with Gasteiger partial charge in [-0.25, -0.2) is 3.96 Å². The summed E-state index contributed by atoms with van der Waals surface area (Å²) in [6.07, 6.45) is 0. The average molecular weight is 365 g/mol. The van der Waals surface area contributed by atoms with Crippen LogP contribution in [0.4, 0.5) is 0 Å². The fourth-order valence-corrected chi connectivity index (χ4v) is 3.79. The Morgan fingerprint density at radius 1 is 0.950 bits per heavy atom. The van der Waals surface area contributed by atoms with Crippen LogP contribution in [0.25, 0.3) is 15.8 Å². The predicted octanol–water partition coefficient (Wildman–Crippen LogP) is 5.67. The second-order valence-corrected chi connectivity index (χ2v) is 6.61. The van der Waals surface area contributed by atoms with E-state index in [0.29, 0.717) is 21.1 Å². The molecule has 102 valence electrons. The zero-order valence-electron chi connectivity index (χ0n) is 9.66. The summed E-state index contributed by atoms with van der Waals surface area (Å²) < 4.78 is 2.26. The second-order valence-electron chi connectivity index (χ2n) is 4.03. The van der Waals surface area contributed by atoms with Crippen LogP contribution in [0, 0.1) is 0 Å². The van der Waals surface area contributed by atoms with E-state index in [2.05, 4.69) is 0 Å². The number of fused-ring (bicyclic) bond motifs is 1. The molecule has 0 bridgehead atoms. The molecule has 7 heteroatoms. The van der Waals surface area contributed by atoms with Crippen LogP contribution in [-0.2, 0) is 0 Å². The van der Waals surface area contributed by atoms with Gasteiger partial charge in [-0.05, 0) is 30.3 Å². The number of rotatable bonds is 1. The number of aromatic nitrogens is 1. The Hall–Kier alpha value is -0.710. The highest BCUT2D eigenvalue weighted by Crippen LogP contribution is 2.35. The molecular formula is C13H5Cl4NOS. The number of halogens is 4. The van der Waals surface area contributed by atoms with Crippen LogP contribution in [0.3, 0.4) is 0 Å². The summed E-state index contributed by atoms with van der Waals surface area (Å²) >= 11 is 25.3. The first-order chi connectivity index (χ1) is 9.49. The Bertz CT molecular complexity index is 884. The van der Waals surface area contributed by atoms with Gasteiger partial charge in [-0.2, -0.15) is 0 Å². The molecule has 0 saturated heterocycles. The maximum Gasteiger partial charge on any atom is 0.273 e. The number of hydrogen-bond donors (Lipinski definition) is 0. The van der Waals surface area contributed by atoms with Crippen LogP contribution in [0.15, 0.2) is 35.1 Å². The molecule has 3 aromatic rings. The number of hydrogen-bond acceptors (Lipinski definition) is 2. The first-order valence-corrected chi connectivity index (χ1v) is 7.73. The summed E-state index contributed by atoms with van der Waals surface area (Å²) in [5, 5.41) is 1.98. The van der Waals surface area contributed by atoms with Gasteiger partial charge in [0, 0.05) is 5.02 Å². The number of nitrogens with zero attached hydrogens (tertiary/aromatic N) is 1. The molecule has 20 heavy (non-hydrogen) atoms. The molecule has 0 saturated carbocycles. The highest BCUT2D eigenvalue weighted by molar-refractivity contribution is 7.14. The third kappa shape index (κ3) is 2.24. The topological polar surface area (TPSA) is 22.0 Å². The van der Waals surface area contributed by atoms with Crippen molar-refractivity contribution in [3.63, 3.8) is 0 Å². The van der Waals surface area contributed by atoms with Crippen molar-refractivity contribution < 1.29 is 0 Å². The molecule has 0 unspecified atom stereocenters. The third-order valence-electron chi connectivity index (χ3n) is 2.78. The van der Waals surface area contributed by atoms with E-state index in [4.69, 9.17) is 46.4 Å². The van der Waals surface area contributed by atoms with Crippen molar-refractivity contribution in [3.8, 4) is 5.69 Å². The zero-order chi connectivity index (χ0) is 14.4. The molecule has 2 nitrogen and oxygen atoms in total. The summed E-state index contributed by atoms with van der Waals surface area (Å²) in [6.45, 7) is 0. The molecule has 0 N–H and O–H groups in total. The standard InChI is InChI=1S/C13H5Cl4NOS/c14-6-1-2-7-10(5-6)20-18(13(7)19)9-4-3-8(15)11(16)12(9)17/h1-5H. The summed E-state index contributed by atoms with van der Waals surface area (Å²) in [7, 11) is 0. The van der Waals surface area contributed by atoms with Gasteiger partial charge in [-0.3, -0.25) is 4.79 Å². The highest BCUT2D eigenvalue weighted by Gasteiger charge is 2.15. The second kappa shape index (κ2) is 5.24. The van der Waals surface area contributed by atoms with Crippen molar-refractivity contribution in [2.24, 2.45) is 0 Å². The van der Waals surface area contributed by atoms with Gasteiger partial charge in [0.15, 0.2) is 0 Å². The predicted molar refractivity (Wildman–Crippen MR) is 87.5 cm³/mol. The average Bonchev–Trinajstić information content (AvgIpc) is 2.73. The van der Waals surface area contributed by atoms with E-state index in [0.717, 1.165) is 4.70 Å². The van der Waals surface area contributed by atoms with E-state index < -0.39 is 0 Å². The highest BCUT2D eigenvalue weighted by atomic mass is 35.5. The molecule has 1 aromatic heterocycles. The van der Waals surface area contributed by atoms with Crippen molar-refractivity contribution in [1.29, 1.82) is 0 Å². The van der Waals surface area contributed by atoms with E-state index in [9.17, 15) is 4.79 Å². The summed E-state index contributed by atoms with van der Waals surface area (Å²) in [5.41, 5.74) is 0.338. The van der Waals surface area contributed by atoms with Crippen molar-refractivity contribution >= 4 is 68.0 Å². The van der Waals surface area contributed by atoms with E-state index in [-0.39, 0.29) is 15.6 Å². The Morgan fingerprint density at radius 3 is 2.45 bits per heavy atom. The lowest BCUT2D eigenvalue weighted by molar-refractivity contribution is 1.14. The smallest absolute Gasteiger partial charge is 0.267 e. The van der Waals surface area contributed by atoms with Crippen molar-refractivity contribution in [1.82, 2.24) is 3.96 Å². The molecule has 1 heterocycles. The van der Waals surface area contributed by atoms with E-state index in [1.807, 2.05) is 0 Å². The van der Waals surface area contributed by atoms with Gasteiger partial charge in [0.1, 0.15) is 0 Å². The maximum atomic E-state index is 12.4. The lowest BCUT2D eigenvalue weighted by Crippen LogP contribution is -2.11. The van der Waals surface area contributed by atoms with Crippen LogP contribution in [0.5, 0.6) is 0 Å². The quantitative estimate of drug-likeness (QED) is 0.510. The monoisotopic (exact) mass is 363 g/mol. The maximum absolute atomic E-state index is 12.4. The summed E-state index contributed by atoms with van der Waals surface area (Å²) in [6, 6.07) is 8.38. The lowest BCUT2D eigenvalue weighted by Gasteiger charge is -2.06. The Balaban J connectivity index is 2.33. The van der Waals surface area contributed by atoms with Gasteiger partial charge in [0.25, 0.3) is 5.56 Å². The minimum absolute atomic E-state index is 0.165. The van der Waals surface area contributed by atoms with E-state index in [1.165, 1.54) is 15.5 Å². The van der Waals surface area contributed by atoms with E-state index >= 15 is 0 Å².